The van der Waals surface area contributed by atoms with Gasteiger partial charge in [0.2, 0.25) is 0 Å². The molecule has 2 amide bonds. The van der Waals surface area contributed by atoms with Gasteiger partial charge in [-0.05, 0) is 38.8 Å². The SMILES string of the molecule is CCOC(=O)C(C)Oc1cc(N2C(=O)OC(=C(C)CC)C2=O)c(Cl)cc1Cl. The number of benzene rings is 1. The van der Waals surface area contributed by atoms with E-state index in [1.165, 1.54) is 19.1 Å². The number of allylic oxidation sites excluding steroid dienone is 1. The molecule has 146 valence electrons. The van der Waals surface area contributed by atoms with Crippen LogP contribution in [0.25, 0.3) is 0 Å². The molecule has 0 saturated carbocycles. The third kappa shape index (κ3) is 4.36. The van der Waals surface area contributed by atoms with Crippen molar-refractivity contribution in [1.29, 1.82) is 0 Å². The second kappa shape index (κ2) is 8.63. The van der Waals surface area contributed by atoms with Gasteiger partial charge < -0.3 is 14.2 Å². The molecule has 0 aliphatic carbocycles. The summed E-state index contributed by atoms with van der Waals surface area (Å²) in [6.45, 7) is 6.90. The summed E-state index contributed by atoms with van der Waals surface area (Å²) in [5, 5.41) is 0.164. The van der Waals surface area contributed by atoms with Crippen LogP contribution < -0.4 is 9.64 Å². The first kappa shape index (κ1) is 21.1. The van der Waals surface area contributed by atoms with Crippen LogP contribution >= 0.6 is 23.2 Å². The molecule has 1 fully saturated rings. The number of rotatable bonds is 6. The Kier molecular flexibility index (Phi) is 6.73. The Morgan fingerprint density at radius 2 is 1.89 bits per heavy atom. The second-order valence-electron chi connectivity index (χ2n) is 5.72. The molecule has 1 saturated heterocycles. The van der Waals surface area contributed by atoms with Crippen LogP contribution in [0.3, 0.4) is 0 Å². The first-order valence-electron chi connectivity index (χ1n) is 8.29. The molecule has 1 aromatic carbocycles. The average molecular weight is 416 g/mol. The van der Waals surface area contributed by atoms with Gasteiger partial charge >= 0.3 is 18.0 Å². The van der Waals surface area contributed by atoms with Crippen LogP contribution in [0.5, 0.6) is 5.75 Å². The molecule has 1 aliphatic rings. The molecule has 1 aromatic rings. The number of carbonyl (C=O) groups excluding carboxylic acids is 3. The van der Waals surface area contributed by atoms with Crippen molar-refractivity contribution in [2.45, 2.75) is 40.2 Å². The number of halogens is 2. The maximum absolute atomic E-state index is 12.6. The molecule has 2 rings (SSSR count). The van der Waals surface area contributed by atoms with E-state index in [2.05, 4.69) is 0 Å². The number of anilines is 1. The molecule has 1 aliphatic heterocycles. The van der Waals surface area contributed by atoms with Crippen LogP contribution in [0.15, 0.2) is 23.5 Å². The van der Waals surface area contributed by atoms with Crippen molar-refractivity contribution in [2.24, 2.45) is 0 Å². The number of imide groups is 1. The lowest BCUT2D eigenvalue weighted by atomic mass is 10.2. The number of ether oxygens (including phenoxy) is 3. The van der Waals surface area contributed by atoms with Gasteiger partial charge in [-0.2, -0.15) is 0 Å². The van der Waals surface area contributed by atoms with Crippen LogP contribution in [0.2, 0.25) is 10.0 Å². The normalized spacial score (nSPS) is 16.9. The highest BCUT2D eigenvalue weighted by molar-refractivity contribution is 6.39. The minimum absolute atomic E-state index is 0.0316. The van der Waals surface area contributed by atoms with Crippen LogP contribution in [0, 0.1) is 0 Å². The van der Waals surface area contributed by atoms with E-state index in [0.717, 1.165) is 4.90 Å². The molecule has 0 bridgehead atoms. The van der Waals surface area contributed by atoms with Gasteiger partial charge in [-0.15, -0.1) is 0 Å². The summed E-state index contributed by atoms with van der Waals surface area (Å²) >= 11 is 12.3. The van der Waals surface area contributed by atoms with Gasteiger partial charge in [-0.25, -0.2) is 14.5 Å². The molecule has 0 radical (unpaired) electrons. The van der Waals surface area contributed by atoms with Gasteiger partial charge in [0.15, 0.2) is 11.9 Å². The quantitative estimate of drug-likeness (QED) is 0.502. The van der Waals surface area contributed by atoms with Crippen LogP contribution in [0.4, 0.5) is 10.5 Å². The van der Waals surface area contributed by atoms with Gasteiger partial charge in [0.05, 0.1) is 22.3 Å². The lowest BCUT2D eigenvalue weighted by Crippen LogP contribution is -2.29. The number of nitrogens with zero attached hydrogens (tertiary/aromatic N) is 1. The topological polar surface area (TPSA) is 82.1 Å². The molecule has 0 aromatic heterocycles. The summed E-state index contributed by atoms with van der Waals surface area (Å²) in [5.74, 6) is -1.17. The fourth-order valence-electron chi connectivity index (χ4n) is 2.28. The summed E-state index contributed by atoms with van der Waals surface area (Å²) in [4.78, 5) is 37.4. The van der Waals surface area contributed by atoms with E-state index < -0.39 is 24.1 Å². The largest absolute Gasteiger partial charge is 0.477 e. The van der Waals surface area contributed by atoms with Crippen LogP contribution in [0.1, 0.15) is 34.1 Å². The van der Waals surface area contributed by atoms with Crippen molar-refractivity contribution in [3.05, 3.63) is 33.5 Å². The van der Waals surface area contributed by atoms with Crippen molar-refractivity contribution in [1.82, 2.24) is 0 Å². The maximum atomic E-state index is 12.6. The number of amides is 2. The third-order valence-corrected chi connectivity index (χ3v) is 4.45. The van der Waals surface area contributed by atoms with E-state index in [1.807, 2.05) is 6.92 Å². The highest BCUT2D eigenvalue weighted by Crippen LogP contribution is 2.39. The first-order chi connectivity index (χ1) is 12.7. The fraction of sp³-hybridized carbons (Fsp3) is 0.389. The molecule has 1 unspecified atom stereocenters. The first-order valence-corrected chi connectivity index (χ1v) is 9.05. The predicted molar refractivity (Wildman–Crippen MR) is 100 cm³/mol. The Morgan fingerprint density at radius 1 is 1.22 bits per heavy atom. The number of carbonyl (C=O) groups is 3. The standard InChI is InChI=1S/C18H19Cl2NO6/c1-5-9(3)15-16(22)21(18(24)27-15)13-8-14(12(20)7-11(13)19)26-10(4)17(23)25-6-2/h7-8,10H,5-6H2,1-4H3. The monoisotopic (exact) mass is 415 g/mol. The van der Waals surface area contributed by atoms with Gasteiger partial charge in [-0.3, -0.25) is 4.79 Å². The van der Waals surface area contributed by atoms with E-state index in [0.29, 0.717) is 12.0 Å². The lowest BCUT2D eigenvalue weighted by Gasteiger charge is -2.18. The average Bonchev–Trinajstić information content (AvgIpc) is 2.91. The molecule has 1 atom stereocenters. The smallest absolute Gasteiger partial charge is 0.427 e. The van der Waals surface area contributed by atoms with E-state index >= 15 is 0 Å². The minimum atomic E-state index is -0.949. The van der Waals surface area contributed by atoms with Gasteiger partial charge in [0.25, 0.3) is 0 Å². The van der Waals surface area contributed by atoms with Gasteiger partial charge in [-0.1, -0.05) is 30.1 Å². The molecule has 1 heterocycles. The van der Waals surface area contributed by atoms with E-state index in [9.17, 15) is 14.4 Å². The number of hydrogen-bond donors (Lipinski definition) is 0. The van der Waals surface area contributed by atoms with Crippen molar-refractivity contribution >= 4 is 46.9 Å². The highest BCUT2D eigenvalue weighted by Gasteiger charge is 2.40. The lowest BCUT2D eigenvalue weighted by molar-refractivity contribution is -0.150. The molecule has 27 heavy (non-hydrogen) atoms. The van der Waals surface area contributed by atoms with E-state index in [4.69, 9.17) is 37.4 Å². The Morgan fingerprint density at radius 3 is 2.48 bits per heavy atom. The van der Waals surface area contributed by atoms with Crippen molar-refractivity contribution in [2.75, 3.05) is 11.5 Å². The molecule has 9 heteroatoms. The van der Waals surface area contributed by atoms with Crippen LogP contribution in [-0.2, 0) is 19.1 Å². The second-order valence-corrected chi connectivity index (χ2v) is 6.53. The Labute approximate surface area is 166 Å². The number of esters is 1. The van der Waals surface area contributed by atoms with Crippen molar-refractivity contribution in [3.8, 4) is 5.75 Å². The fourth-order valence-corrected chi connectivity index (χ4v) is 2.79. The van der Waals surface area contributed by atoms with Crippen molar-refractivity contribution < 1.29 is 28.6 Å². The summed E-state index contributed by atoms with van der Waals surface area (Å²) < 4.78 is 15.5. The number of hydrogen-bond acceptors (Lipinski definition) is 6. The minimum Gasteiger partial charge on any atom is -0.477 e. The summed E-state index contributed by atoms with van der Waals surface area (Å²) in [7, 11) is 0. The van der Waals surface area contributed by atoms with Gasteiger partial charge in [0.1, 0.15) is 5.75 Å². The third-order valence-electron chi connectivity index (χ3n) is 3.85. The summed E-state index contributed by atoms with van der Waals surface area (Å²) in [6, 6.07) is 2.63. The van der Waals surface area contributed by atoms with Crippen molar-refractivity contribution in [3.63, 3.8) is 0 Å². The van der Waals surface area contributed by atoms with E-state index in [-0.39, 0.29) is 33.8 Å². The highest BCUT2D eigenvalue weighted by atomic mass is 35.5. The Bertz CT molecular complexity index is 820. The molecule has 7 nitrogen and oxygen atoms in total. The van der Waals surface area contributed by atoms with E-state index in [1.54, 1.807) is 13.8 Å². The Balaban J connectivity index is 2.40. The molecular formula is C18H19Cl2NO6. The summed E-state index contributed by atoms with van der Waals surface area (Å²) in [6.07, 6.45) is -1.28. The maximum Gasteiger partial charge on any atom is 0.427 e. The van der Waals surface area contributed by atoms with Crippen LogP contribution in [-0.4, -0.2) is 30.7 Å². The molecular weight excluding hydrogens is 397 g/mol. The zero-order valence-electron chi connectivity index (χ0n) is 15.3. The predicted octanol–water partition coefficient (Wildman–Crippen LogP) is 4.49. The molecule has 0 N–H and O–H groups in total. The molecule has 0 spiro atoms. The zero-order valence-corrected chi connectivity index (χ0v) is 16.8. The summed E-state index contributed by atoms with van der Waals surface area (Å²) in [5.41, 5.74) is 0.675. The zero-order chi connectivity index (χ0) is 20.3. The Hall–Kier alpha value is -2.25. The number of cyclic esters (lactones) is 1. The van der Waals surface area contributed by atoms with Gasteiger partial charge in [0, 0.05) is 6.07 Å².